The zero-order valence-corrected chi connectivity index (χ0v) is 18.0. The van der Waals surface area contributed by atoms with E-state index in [-0.39, 0.29) is 11.7 Å². The standard InChI is InChI=1S/C25H36FNO2/c1-3-19-8-6-9-20(18-19)24-22(10-7-11-23(24)26)25(28,14-4-5-17-29-2)21-12-15-27-16-13-21/h7,9-11,18,21,27-28H,3-6,8,12-17H2,1-2H3. The molecule has 29 heavy (non-hydrogen) atoms. The van der Waals surface area contributed by atoms with Gasteiger partial charge < -0.3 is 15.2 Å². The molecular weight excluding hydrogens is 365 g/mol. The van der Waals surface area contributed by atoms with E-state index in [2.05, 4.69) is 24.4 Å². The first-order chi connectivity index (χ1) is 14.1. The van der Waals surface area contributed by atoms with Crippen LogP contribution < -0.4 is 5.32 Å². The van der Waals surface area contributed by atoms with Gasteiger partial charge in [0.15, 0.2) is 0 Å². The van der Waals surface area contributed by atoms with Gasteiger partial charge in [-0.2, -0.15) is 0 Å². The summed E-state index contributed by atoms with van der Waals surface area (Å²) in [6, 6.07) is 5.23. The van der Waals surface area contributed by atoms with Gasteiger partial charge >= 0.3 is 0 Å². The summed E-state index contributed by atoms with van der Waals surface area (Å²) in [5.41, 5.74) is 2.63. The molecule has 3 rings (SSSR count). The molecule has 0 saturated carbocycles. The Hall–Kier alpha value is -1.49. The van der Waals surface area contributed by atoms with Gasteiger partial charge in [0, 0.05) is 19.3 Å². The zero-order valence-electron chi connectivity index (χ0n) is 18.0. The van der Waals surface area contributed by atoms with Crippen molar-refractivity contribution in [2.45, 2.75) is 63.9 Å². The number of ether oxygens (including phenoxy) is 1. The van der Waals surface area contributed by atoms with Gasteiger partial charge in [0.25, 0.3) is 0 Å². The molecule has 160 valence electrons. The number of piperidine rings is 1. The van der Waals surface area contributed by atoms with Gasteiger partial charge in [0.05, 0.1) is 5.60 Å². The molecule has 1 aliphatic heterocycles. The Morgan fingerprint density at radius 3 is 2.76 bits per heavy atom. The van der Waals surface area contributed by atoms with Crippen LogP contribution in [0.1, 0.15) is 69.4 Å². The third-order valence-corrected chi connectivity index (χ3v) is 6.58. The average Bonchev–Trinajstić information content (AvgIpc) is 2.77. The molecule has 1 atom stereocenters. The number of benzene rings is 1. The van der Waals surface area contributed by atoms with E-state index >= 15 is 4.39 Å². The molecule has 4 heteroatoms. The lowest BCUT2D eigenvalue weighted by Gasteiger charge is -2.41. The summed E-state index contributed by atoms with van der Waals surface area (Å²) in [5, 5.41) is 15.5. The second-order valence-electron chi connectivity index (χ2n) is 8.42. The van der Waals surface area contributed by atoms with Crippen molar-refractivity contribution in [3.63, 3.8) is 0 Å². The maximum Gasteiger partial charge on any atom is 0.131 e. The Bertz CT molecular complexity index is 736. The molecule has 0 amide bonds. The molecule has 1 aliphatic carbocycles. The van der Waals surface area contributed by atoms with Gasteiger partial charge in [-0.05, 0) is 87.6 Å². The van der Waals surface area contributed by atoms with Crippen molar-refractivity contribution < 1.29 is 14.2 Å². The third kappa shape index (κ3) is 5.17. The van der Waals surface area contributed by atoms with Crippen LogP contribution in [0.25, 0.3) is 5.57 Å². The largest absolute Gasteiger partial charge is 0.385 e. The van der Waals surface area contributed by atoms with E-state index in [0.717, 1.165) is 69.2 Å². The van der Waals surface area contributed by atoms with E-state index < -0.39 is 5.60 Å². The fraction of sp³-hybridized carbons (Fsp3) is 0.600. The summed E-state index contributed by atoms with van der Waals surface area (Å²) in [5.74, 6) is -0.0998. The van der Waals surface area contributed by atoms with Crippen molar-refractivity contribution in [1.29, 1.82) is 0 Å². The summed E-state index contributed by atoms with van der Waals surface area (Å²) < 4.78 is 20.4. The number of aliphatic hydroxyl groups is 1. The monoisotopic (exact) mass is 401 g/mol. The predicted molar refractivity (Wildman–Crippen MR) is 117 cm³/mol. The van der Waals surface area contributed by atoms with Crippen LogP contribution in [0, 0.1) is 11.7 Å². The van der Waals surface area contributed by atoms with E-state index in [1.807, 2.05) is 6.07 Å². The Morgan fingerprint density at radius 1 is 1.24 bits per heavy atom. The Labute approximate surface area is 175 Å². The fourth-order valence-corrected chi connectivity index (χ4v) is 4.89. The summed E-state index contributed by atoms with van der Waals surface area (Å²) in [6.45, 7) is 4.64. The predicted octanol–water partition coefficient (Wildman–Crippen LogP) is 5.34. The molecule has 2 aliphatic rings. The zero-order chi connectivity index (χ0) is 20.7. The van der Waals surface area contributed by atoms with Crippen molar-refractivity contribution in [3.05, 3.63) is 52.9 Å². The number of unbranched alkanes of at least 4 members (excludes halogenated alkanes) is 1. The van der Waals surface area contributed by atoms with Crippen LogP contribution in [-0.2, 0) is 10.3 Å². The molecular formula is C25H36FNO2. The smallest absolute Gasteiger partial charge is 0.131 e. The Balaban J connectivity index is 2.02. The van der Waals surface area contributed by atoms with Gasteiger partial charge in [-0.15, -0.1) is 0 Å². The number of methoxy groups -OCH3 is 1. The second kappa shape index (κ2) is 10.5. The molecule has 1 saturated heterocycles. The molecule has 3 nitrogen and oxygen atoms in total. The van der Waals surface area contributed by atoms with Crippen LogP contribution in [0.3, 0.4) is 0 Å². The molecule has 1 aromatic carbocycles. The minimum absolute atomic E-state index is 0.130. The quantitative estimate of drug-likeness (QED) is 0.549. The Morgan fingerprint density at radius 2 is 2.03 bits per heavy atom. The molecule has 0 aromatic heterocycles. The van der Waals surface area contributed by atoms with Gasteiger partial charge in [0.1, 0.15) is 5.82 Å². The topological polar surface area (TPSA) is 41.5 Å². The van der Waals surface area contributed by atoms with E-state index in [1.54, 1.807) is 13.2 Å². The Kier molecular flexibility index (Phi) is 8.05. The van der Waals surface area contributed by atoms with E-state index in [0.29, 0.717) is 18.6 Å². The minimum Gasteiger partial charge on any atom is -0.385 e. The highest BCUT2D eigenvalue weighted by Crippen LogP contribution is 2.44. The first kappa shape index (κ1) is 22.2. The van der Waals surface area contributed by atoms with Gasteiger partial charge in [0.2, 0.25) is 0 Å². The van der Waals surface area contributed by atoms with E-state index in [9.17, 15) is 5.11 Å². The number of hydrogen-bond acceptors (Lipinski definition) is 3. The van der Waals surface area contributed by atoms with Gasteiger partial charge in [-0.3, -0.25) is 0 Å². The van der Waals surface area contributed by atoms with Crippen molar-refractivity contribution in [2.24, 2.45) is 5.92 Å². The lowest BCUT2D eigenvalue weighted by molar-refractivity contribution is -0.0466. The molecule has 0 radical (unpaired) electrons. The molecule has 0 bridgehead atoms. The van der Waals surface area contributed by atoms with Gasteiger partial charge in [-0.25, -0.2) is 4.39 Å². The normalized spacial score (nSPS) is 20.1. The first-order valence-electron chi connectivity index (χ1n) is 11.2. The van der Waals surface area contributed by atoms with Crippen LogP contribution in [-0.4, -0.2) is 31.9 Å². The number of hydrogen-bond donors (Lipinski definition) is 2. The number of allylic oxidation sites excluding steroid dienone is 4. The average molecular weight is 402 g/mol. The molecule has 1 aromatic rings. The minimum atomic E-state index is -1.02. The first-order valence-corrected chi connectivity index (χ1v) is 11.2. The number of nitrogens with one attached hydrogen (secondary N) is 1. The fourth-order valence-electron chi connectivity index (χ4n) is 4.89. The van der Waals surface area contributed by atoms with E-state index in [1.165, 1.54) is 11.6 Å². The van der Waals surface area contributed by atoms with Crippen molar-refractivity contribution in [1.82, 2.24) is 5.32 Å². The van der Waals surface area contributed by atoms with Crippen LogP contribution in [0.15, 0.2) is 35.9 Å². The summed E-state index contributed by atoms with van der Waals surface area (Å²) in [6.07, 6.45) is 11.4. The lowest BCUT2D eigenvalue weighted by Crippen LogP contribution is -2.42. The van der Waals surface area contributed by atoms with Crippen LogP contribution in [0.5, 0.6) is 0 Å². The van der Waals surface area contributed by atoms with Crippen LogP contribution >= 0.6 is 0 Å². The highest BCUT2D eigenvalue weighted by atomic mass is 19.1. The highest BCUT2D eigenvalue weighted by Gasteiger charge is 2.40. The maximum atomic E-state index is 15.2. The van der Waals surface area contributed by atoms with Crippen molar-refractivity contribution >= 4 is 5.57 Å². The SMILES string of the molecule is CCC1=CC(c2c(F)cccc2C(O)(CCCCOC)C2CCNCC2)=CCC1. The van der Waals surface area contributed by atoms with Gasteiger partial charge in [-0.1, -0.05) is 36.8 Å². The second-order valence-corrected chi connectivity index (χ2v) is 8.42. The molecule has 1 fully saturated rings. The van der Waals surface area contributed by atoms with Crippen LogP contribution in [0.2, 0.25) is 0 Å². The lowest BCUT2D eigenvalue weighted by atomic mass is 9.71. The maximum absolute atomic E-state index is 15.2. The molecule has 1 unspecified atom stereocenters. The highest BCUT2D eigenvalue weighted by molar-refractivity contribution is 5.78. The summed E-state index contributed by atoms with van der Waals surface area (Å²) in [7, 11) is 1.71. The summed E-state index contributed by atoms with van der Waals surface area (Å²) >= 11 is 0. The molecule has 0 spiro atoms. The van der Waals surface area contributed by atoms with Crippen molar-refractivity contribution in [2.75, 3.05) is 26.8 Å². The third-order valence-electron chi connectivity index (χ3n) is 6.58. The van der Waals surface area contributed by atoms with Crippen molar-refractivity contribution in [3.8, 4) is 0 Å². The molecule has 1 heterocycles. The number of halogens is 1. The van der Waals surface area contributed by atoms with Crippen LogP contribution in [0.4, 0.5) is 4.39 Å². The number of rotatable bonds is 9. The van der Waals surface area contributed by atoms with E-state index in [4.69, 9.17) is 4.74 Å². The summed E-state index contributed by atoms with van der Waals surface area (Å²) in [4.78, 5) is 0. The molecule has 2 N–H and O–H groups in total.